The van der Waals surface area contributed by atoms with Gasteiger partial charge in [0.25, 0.3) is 0 Å². The molecule has 1 fully saturated rings. The smallest absolute Gasteiger partial charge is 0.170 e. The van der Waals surface area contributed by atoms with Crippen molar-refractivity contribution in [3.05, 3.63) is 35.4 Å². The van der Waals surface area contributed by atoms with Crippen molar-refractivity contribution in [1.82, 2.24) is 0 Å². The summed E-state index contributed by atoms with van der Waals surface area (Å²) >= 11 is 0. The fourth-order valence-corrected chi connectivity index (χ4v) is 1.70. The third kappa shape index (κ3) is 1.48. The highest BCUT2D eigenvalue weighted by atomic mass is 14.9. The van der Waals surface area contributed by atoms with Gasteiger partial charge in [0.15, 0.2) is 12.4 Å². The van der Waals surface area contributed by atoms with E-state index in [2.05, 4.69) is 41.5 Å². The van der Waals surface area contributed by atoms with E-state index in [1.165, 1.54) is 18.4 Å². The van der Waals surface area contributed by atoms with Gasteiger partial charge in [-0.25, -0.2) is 4.57 Å². The molecule has 1 aromatic rings. The second kappa shape index (κ2) is 3.23. The van der Waals surface area contributed by atoms with Crippen LogP contribution >= 0.6 is 0 Å². The van der Waals surface area contributed by atoms with Crippen LogP contribution in [0, 0.1) is 0 Å². The second-order valence-electron chi connectivity index (χ2n) is 3.37. The van der Waals surface area contributed by atoms with E-state index in [1.807, 2.05) is 0 Å². The zero-order chi connectivity index (χ0) is 8.39. The Morgan fingerprint density at radius 2 is 2.50 bits per heavy atom. The minimum absolute atomic E-state index is 0.470. The van der Waals surface area contributed by atoms with Crippen LogP contribution in [0.1, 0.15) is 24.4 Å². The lowest BCUT2D eigenvalue weighted by Crippen LogP contribution is -2.27. The van der Waals surface area contributed by atoms with E-state index in [0.29, 0.717) is 6.04 Å². The van der Waals surface area contributed by atoms with Gasteiger partial charge in [0.1, 0.15) is 7.05 Å². The largest absolute Gasteiger partial charge is 0.656 e. The Labute approximate surface area is 73.2 Å². The van der Waals surface area contributed by atoms with Gasteiger partial charge < -0.3 is 5.32 Å². The quantitative estimate of drug-likeness (QED) is 0.560. The van der Waals surface area contributed by atoms with Gasteiger partial charge in [0.05, 0.1) is 0 Å². The van der Waals surface area contributed by atoms with Crippen molar-refractivity contribution >= 4 is 0 Å². The Morgan fingerprint density at radius 1 is 1.58 bits per heavy atom. The van der Waals surface area contributed by atoms with Crippen molar-refractivity contribution in [3.8, 4) is 0 Å². The average Bonchev–Trinajstić information content (AvgIpc) is 2.56. The van der Waals surface area contributed by atoms with Crippen LogP contribution in [0.5, 0.6) is 0 Å². The summed E-state index contributed by atoms with van der Waals surface area (Å²) in [6, 6.07) is 4.72. The van der Waals surface area contributed by atoms with E-state index in [1.54, 1.807) is 0 Å². The molecule has 0 spiro atoms. The molecule has 1 saturated heterocycles. The third-order valence-electron chi connectivity index (χ3n) is 2.33. The summed E-state index contributed by atoms with van der Waals surface area (Å²) in [5.41, 5.74) is 1.36. The first kappa shape index (κ1) is 7.74. The minimum atomic E-state index is 0.470. The van der Waals surface area contributed by atoms with E-state index in [0.717, 1.165) is 6.54 Å². The topological polar surface area (TPSA) is 18.0 Å². The Hall–Kier alpha value is -0.890. The number of aryl methyl sites for hydroxylation is 1. The molecule has 0 aliphatic carbocycles. The molecule has 64 valence electrons. The molecule has 0 saturated carbocycles. The molecule has 0 bridgehead atoms. The highest BCUT2D eigenvalue weighted by Crippen LogP contribution is 2.31. The van der Waals surface area contributed by atoms with Gasteiger partial charge in [-0.05, 0) is 11.6 Å². The number of hydrogen-bond donors (Lipinski definition) is 0. The molecule has 0 radical (unpaired) electrons. The highest BCUT2D eigenvalue weighted by molar-refractivity contribution is 5.19. The lowest BCUT2D eigenvalue weighted by Gasteiger charge is -2.20. The summed E-state index contributed by atoms with van der Waals surface area (Å²) in [6.45, 7) is 1.04. The Kier molecular flexibility index (Phi) is 2.09. The first-order valence-corrected chi connectivity index (χ1v) is 4.48. The van der Waals surface area contributed by atoms with Gasteiger partial charge in [-0.1, -0.05) is 12.8 Å². The highest BCUT2D eigenvalue weighted by Gasteiger charge is 2.08. The summed E-state index contributed by atoms with van der Waals surface area (Å²) in [5.74, 6) is 0. The van der Waals surface area contributed by atoms with Crippen molar-refractivity contribution in [3.63, 3.8) is 0 Å². The maximum Gasteiger partial charge on any atom is 0.170 e. The normalized spacial score (nSPS) is 22.9. The SMILES string of the molecule is C[n+]1cccc(C2CCC[N-]2)c1. The number of aromatic nitrogens is 1. The summed E-state index contributed by atoms with van der Waals surface area (Å²) in [5, 5.41) is 4.53. The third-order valence-corrected chi connectivity index (χ3v) is 2.33. The summed E-state index contributed by atoms with van der Waals surface area (Å²) in [7, 11) is 2.05. The molecule has 1 aliphatic heterocycles. The number of nitrogens with zero attached hydrogens (tertiary/aromatic N) is 2. The van der Waals surface area contributed by atoms with Gasteiger partial charge in [-0.15, -0.1) is 12.6 Å². The van der Waals surface area contributed by atoms with Gasteiger partial charge >= 0.3 is 0 Å². The number of hydrogen-bond acceptors (Lipinski definition) is 0. The molecule has 2 heteroatoms. The van der Waals surface area contributed by atoms with Crippen LogP contribution in [0.15, 0.2) is 24.5 Å². The van der Waals surface area contributed by atoms with Crippen molar-refractivity contribution < 1.29 is 4.57 Å². The van der Waals surface area contributed by atoms with Crippen molar-refractivity contribution in [2.24, 2.45) is 7.05 Å². The Balaban J connectivity index is 2.21. The minimum Gasteiger partial charge on any atom is -0.656 e. The maximum absolute atomic E-state index is 4.53. The first-order valence-electron chi connectivity index (χ1n) is 4.48. The molecule has 1 atom stereocenters. The van der Waals surface area contributed by atoms with Gasteiger partial charge in [-0.2, -0.15) is 0 Å². The molecule has 0 N–H and O–H groups in total. The van der Waals surface area contributed by atoms with Crippen LogP contribution in [0.4, 0.5) is 0 Å². The van der Waals surface area contributed by atoms with Gasteiger partial charge in [-0.3, -0.25) is 0 Å². The van der Waals surface area contributed by atoms with E-state index in [9.17, 15) is 0 Å². The molecule has 12 heavy (non-hydrogen) atoms. The van der Waals surface area contributed by atoms with Crippen LogP contribution in [0.2, 0.25) is 0 Å². The molecule has 2 nitrogen and oxygen atoms in total. The molecule has 1 aliphatic rings. The van der Waals surface area contributed by atoms with Gasteiger partial charge in [0.2, 0.25) is 0 Å². The molecule has 2 rings (SSSR count). The first-order chi connectivity index (χ1) is 5.86. The van der Waals surface area contributed by atoms with E-state index < -0.39 is 0 Å². The number of pyridine rings is 1. The lowest BCUT2D eigenvalue weighted by atomic mass is 10.1. The Bertz CT molecular complexity index is 264. The van der Waals surface area contributed by atoms with Gasteiger partial charge in [0, 0.05) is 6.07 Å². The standard InChI is InChI=1S/C10H14N2/c1-12-7-3-4-9(8-12)10-5-2-6-11-10/h3-4,7-8,10H,2,5-6H2,1H3. The summed E-state index contributed by atoms with van der Waals surface area (Å²) < 4.78 is 2.09. The number of rotatable bonds is 1. The monoisotopic (exact) mass is 162 g/mol. The summed E-state index contributed by atoms with van der Waals surface area (Å²) in [6.07, 6.45) is 6.70. The molecular formula is C10H14N2. The Morgan fingerprint density at radius 3 is 3.17 bits per heavy atom. The zero-order valence-electron chi connectivity index (χ0n) is 7.40. The predicted octanol–water partition coefficient (Wildman–Crippen LogP) is 1.72. The molecule has 2 heterocycles. The fourth-order valence-electron chi connectivity index (χ4n) is 1.70. The van der Waals surface area contributed by atoms with E-state index in [-0.39, 0.29) is 0 Å². The van der Waals surface area contributed by atoms with Crippen molar-refractivity contribution in [1.29, 1.82) is 0 Å². The maximum atomic E-state index is 4.53. The molecule has 0 amide bonds. The molecule has 1 unspecified atom stereocenters. The van der Waals surface area contributed by atoms with Crippen LogP contribution in [0.25, 0.3) is 5.32 Å². The van der Waals surface area contributed by atoms with E-state index >= 15 is 0 Å². The molecular weight excluding hydrogens is 148 g/mol. The van der Waals surface area contributed by atoms with Crippen LogP contribution < -0.4 is 4.57 Å². The van der Waals surface area contributed by atoms with Crippen LogP contribution in [0.3, 0.4) is 0 Å². The van der Waals surface area contributed by atoms with Crippen LogP contribution in [-0.2, 0) is 7.05 Å². The van der Waals surface area contributed by atoms with Crippen molar-refractivity contribution in [2.75, 3.05) is 6.54 Å². The fraction of sp³-hybridized carbons (Fsp3) is 0.500. The van der Waals surface area contributed by atoms with Crippen molar-refractivity contribution in [2.45, 2.75) is 18.9 Å². The molecule has 0 aromatic carbocycles. The predicted molar refractivity (Wildman–Crippen MR) is 47.8 cm³/mol. The average molecular weight is 162 g/mol. The van der Waals surface area contributed by atoms with Crippen LogP contribution in [-0.4, -0.2) is 6.54 Å². The second-order valence-corrected chi connectivity index (χ2v) is 3.37. The lowest BCUT2D eigenvalue weighted by molar-refractivity contribution is -0.672. The summed E-state index contributed by atoms with van der Waals surface area (Å²) in [4.78, 5) is 0. The zero-order valence-corrected chi connectivity index (χ0v) is 7.40. The van der Waals surface area contributed by atoms with E-state index in [4.69, 9.17) is 0 Å². The molecule has 1 aromatic heterocycles.